The van der Waals surface area contributed by atoms with Crippen LogP contribution in [0.1, 0.15) is 47.2 Å². The number of carboxylic acid groups (broad SMARTS) is 1. The second-order valence-corrected chi connectivity index (χ2v) is 8.34. The zero-order valence-corrected chi connectivity index (χ0v) is 16.8. The number of fused-ring (bicyclic) bond motifs is 1. The number of aromatic nitrogens is 1. The molecule has 2 heterocycles. The van der Waals surface area contributed by atoms with E-state index >= 15 is 0 Å². The third-order valence-corrected chi connectivity index (χ3v) is 6.04. The average molecular weight is 403 g/mol. The van der Waals surface area contributed by atoms with E-state index in [4.69, 9.17) is 4.99 Å². The van der Waals surface area contributed by atoms with E-state index in [1.807, 2.05) is 12.1 Å². The van der Waals surface area contributed by atoms with E-state index in [0.717, 1.165) is 30.8 Å². The summed E-state index contributed by atoms with van der Waals surface area (Å²) in [4.78, 5) is 21.8. The van der Waals surface area contributed by atoms with Crippen LogP contribution in [0.4, 0.5) is 5.69 Å². The lowest BCUT2D eigenvalue weighted by Gasteiger charge is -2.14. The second-order valence-electron chi connectivity index (χ2n) is 8.34. The quantitative estimate of drug-likeness (QED) is 0.521. The molecular weight excluding hydrogens is 378 g/mol. The number of hydrogen-bond donors (Lipinski definition) is 3. The number of nitrogens with zero attached hydrogens (tertiary/aromatic N) is 2. The van der Waals surface area contributed by atoms with Gasteiger partial charge < -0.3 is 15.2 Å². The van der Waals surface area contributed by atoms with Crippen LogP contribution >= 0.6 is 0 Å². The minimum Gasteiger partial charge on any atom is -0.494 e. The van der Waals surface area contributed by atoms with Crippen molar-refractivity contribution in [3.8, 4) is 5.88 Å². The molecule has 6 heteroatoms. The Labute approximate surface area is 174 Å². The van der Waals surface area contributed by atoms with Gasteiger partial charge in [0.05, 0.1) is 22.5 Å². The van der Waals surface area contributed by atoms with Gasteiger partial charge in [0.25, 0.3) is 0 Å². The summed E-state index contributed by atoms with van der Waals surface area (Å²) in [5, 5.41) is 20.7. The van der Waals surface area contributed by atoms with Crippen LogP contribution in [-0.2, 0) is 6.54 Å². The molecule has 3 N–H and O–H groups in total. The van der Waals surface area contributed by atoms with Crippen LogP contribution in [0.5, 0.6) is 5.88 Å². The Kier molecular flexibility index (Phi) is 4.79. The Hall–Kier alpha value is -3.12. The molecule has 2 fully saturated rings. The molecule has 0 atom stereocenters. The Bertz CT molecular complexity index is 1120. The van der Waals surface area contributed by atoms with E-state index in [9.17, 15) is 15.0 Å². The number of aromatic hydroxyl groups is 1. The molecule has 1 saturated heterocycles. The van der Waals surface area contributed by atoms with Crippen LogP contribution in [0.3, 0.4) is 0 Å². The molecular formula is C24H25N3O3. The normalized spacial score (nSPS) is 17.7. The number of aliphatic imine (C=N–C) groups is 1. The fourth-order valence-electron chi connectivity index (χ4n) is 4.29. The largest absolute Gasteiger partial charge is 0.494 e. The molecule has 5 rings (SSSR count). The maximum atomic E-state index is 11.4. The van der Waals surface area contributed by atoms with E-state index in [1.54, 1.807) is 12.1 Å². The molecule has 2 aromatic carbocycles. The molecule has 2 aliphatic rings. The summed E-state index contributed by atoms with van der Waals surface area (Å²) >= 11 is 0. The number of carboxylic acids is 1. The summed E-state index contributed by atoms with van der Waals surface area (Å²) in [5.74, 6) is -0.654. The van der Waals surface area contributed by atoms with Crippen LogP contribution < -0.4 is 0 Å². The number of benzene rings is 2. The van der Waals surface area contributed by atoms with E-state index in [-0.39, 0.29) is 17.4 Å². The summed E-state index contributed by atoms with van der Waals surface area (Å²) in [6.07, 6.45) is 4.61. The van der Waals surface area contributed by atoms with Gasteiger partial charge in [0.1, 0.15) is 0 Å². The molecule has 0 amide bonds. The number of likely N-dealkylation sites (tertiary alicyclic amines) is 1. The SMILES string of the molecule is O=C(O)c1ccc2[nH]c(O)c(C(=Nc3ccc(CN4CCCC4)cc3)C3CC3)c2c1. The van der Waals surface area contributed by atoms with Crippen molar-refractivity contribution < 1.29 is 15.0 Å². The van der Waals surface area contributed by atoms with Gasteiger partial charge in [-0.15, -0.1) is 0 Å². The molecule has 0 unspecified atom stereocenters. The molecule has 3 aromatic rings. The molecule has 1 aliphatic carbocycles. The van der Waals surface area contributed by atoms with Gasteiger partial charge in [-0.05, 0) is 74.7 Å². The number of aromatic amines is 1. The third-order valence-electron chi connectivity index (χ3n) is 6.04. The summed E-state index contributed by atoms with van der Waals surface area (Å²) < 4.78 is 0. The van der Waals surface area contributed by atoms with Crippen molar-refractivity contribution in [2.75, 3.05) is 13.1 Å². The van der Waals surface area contributed by atoms with Crippen LogP contribution in [0.25, 0.3) is 10.9 Å². The first-order chi connectivity index (χ1) is 14.6. The van der Waals surface area contributed by atoms with Gasteiger partial charge >= 0.3 is 5.97 Å². The summed E-state index contributed by atoms with van der Waals surface area (Å²) in [7, 11) is 0. The fourth-order valence-corrected chi connectivity index (χ4v) is 4.29. The van der Waals surface area contributed by atoms with Gasteiger partial charge in [-0.25, -0.2) is 4.79 Å². The molecule has 0 radical (unpaired) electrons. The highest BCUT2D eigenvalue weighted by atomic mass is 16.4. The lowest BCUT2D eigenvalue weighted by Crippen LogP contribution is -2.18. The van der Waals surface area contributed by atoms with Gasteiger partial charge in [-0.2, -0.15) is 0 Å². The Morgan fingerprint density at radius 2 is 1.83 bits per heavy atom. The van der Waals surface area contributed by atoms with Crippen molar-refractivity contribution in [1.82, 2.24) is 9.88 Å². The molecule has 30 heavy (non-hydrogen) atoms. The number of carbonyl (C=O) groups is 1. The number of H-pyrrole nitrogens is 1. The minimum atomic E-state index is -0.984. The highest BCUT2D eigenvalue weighted by molar-refractivity contribution is 6.16. The first kappa shape index (κ1) is 18.9. The average Bonchev–Trinajstić information content (AvgIpc) is 3.35. The zero-order valence-electron chi connectivity index (χ0n) is 16.8. The lowest BCUT2D eigenvalue weighted by molar-refractivity contribution is 0.0697. The Morgan fingerprint density at radius 3 is 2.50 bits per heavy atom. The van der Waals surface area contributed by atoms with Gasteiger partial charge in [0.2, 0.25) is 0 Å². The molecule has 1 aliphatic heterocycles. The molecule has 0 bridgehead atoms. The predicted octanol–water partition coefficient (Wildman–Crippen LogP) is 4.70. The van der Waals surface area contributed by atoms with Crippen LogP contribution in [-0.4, -0.2) is 44.9 Å². The van der Waals surface area contributed by atoms with Crippen LogP contribution in [0, 0.1) is 5.92 Å². The summed E-state index contributed by atoms with van der Waals surface area (Å²) in [6.45, 7) is 3.31. The predicted molar refractivity (Wildman–Crippen MR) is 117 cm³/mol. The van der Waals surface area contributed by atoms with Gasteiger partial charge in [0, 0.05) is 23.4 Å². The van der Waals surface area contributed by atoms with Crippen molar-refractivity contribution in [3.63, 3.8) is 0 Å². The molecule has 1 aromatic heterocycles. The first-order valence-electron chi connectivity index (χ1n) is 10.6. The molecule has 154 valence electrons. The monoisotopic (exact) mass is 403 g/mol. The van der Waals surface area contributed by atoms with Crippen LogP contribution in [0.2, 0.25) is 0 Å². The van der Waals surface area contributed by atoms with Gasteiger partial charge in [-0.3, -0.25) is 9.89 Å². The number of nitrogens with one attached hydrogen (secondary N) is 1. The Balaban J connectivity index is 1.50. The highest BCUT2D eigenvalue weighted by Crippen LogP contribution is 2.40. The molecule has 6 nitrogen and oxygen atoms in total. The topological polar surface area (TPSA) is 88.9 Å². The maximum Gasteiger partial charge on any atom is 0.335 e. The summed E-state index contributed by atoms with van der Waals surface area (Å²) in [5.41, 5.74) is 4.49. The maximum absolute atomic E-state index is 11.4. The Morgan fingerprint density at radius 1 is 1.10 bits per heavy atom. The van der Waals surface area contributed by atoms with E-state index in [1.165, 1.54) is 37.6 Å². The standard InChI is InChI=1S/C24H25N3O3/c28-23-21(19-13-17(24(29)30)7-10-20(19)26-23)22(16-5-6-16)25-18-8-3-15(4-9-18)14-27-11-1-2-12-27/h3-4,7-10,13,16,26,28H,1-2,5-6,11-12,14H2,(H,29,30). The number of rotatable bonds is 6. The van der Waals surface area contributed by atoms with E-state index in [2.05, 4.69) is 22.0 Å². The smallest absolute Gasteiger partial charge is 0.335 e. The molecule has 0 spiro atoms. The van der Waals surface area contributed by atoms with Gasteiger partial charge in [-0.1, -0.05) is 12.1 Å². The van der Waals surface area contributed by atoms with Crippen molar-refractivity contribution in [2.24, 2.45) is 10.9 Å². The summed E-state index contributed by atoms with van der Waals surface area (Å²) in [6, 6.07) is 13.2. The van der Waals surface area contributed by atoms with E-state index < -0.39 is 5.97 Å². The van der Waals surface area contributed by atoms with Crippen molar-refractivity contribution in [3.05, 3.63) is 59.2 Å². The lowest BCUT2D eigenvalue weighted by atomic mass is 10.0. The number of hydrogen-bond acceptors (Lipinski definition) is 4. The third kappa shape index (κ3) is 3.71. The number of aromatic carboxylic acids is 1. The highest BCUT2D eigenvalue weighted by Gasteiger charge is 2.32. The first-order valence-corrected chi connectivity index (χ1v) is 10.6. The zero-order chi connectivity index (χ0) is 20.7. The minimum absolute atomic E-state index is 0.0452. The van der Waals surface area contributed by atoms with Gasteiger partial charge in [0.15, 0.2) is 5.88 Å². The van der Waals surface area contributed by atoms with Crippen LogP contribution in [0.15, 0.2) is 47.5 Å². The molecule has 1 saturated carbocycles. The van der Waals surface area contributed by atoms with Crippen molar-refractivity contribution in [2.45, 2.75) is 32.2 Å². The second kappa shape index (κ2) is 7.61. The van der Waals surface area contributed by atoms with E-state index in [0.29, 0.717) is 16.5 Å². The van der Waals surface area contributed by atoms with Crippen molar-refractivity contribution >= 4 is 28.3 Å². The fraction of sp³-hybridized carbons (Fsp3) is 0.333. The van der Waals surface area contributed by atoms with Crippen molar-refractivity contribution in [1.29, 1.82) is 0 Å².